The number of fused-ring (bicyclic) bond motifs is 1. The normalized spacial score (nSPS) is 18.5. The molecule has 0 unspecified atom stereocenters. The van der Waals surface area contributed by atoms with Crippen LogP contribution < -0.4 is 10.1 Å². The number of hydrogen-bond acceptors (Lipinski definition) is 2. The Balaban J connectivity index is 1.40. The molecule has 0 aromatic heterocycles. The third-order valence-electron chi connectivity index (χ3n) is 5.35. The maximum atomic E-state index is 6.14. The molecule has 0 heterocycles. The first kappa shape index (κ1) is 16.9. The van der Waals surface area contributed by atoms with Gasteiger partial charge in [0.15, 0.2) is 0 Å². The van der Waals surface area contributed by atoms with Gasteiger partial charge in [0.25, 0.3) is 0 Å². The van der Waals surface area contributed by atoms with Crippen molar-refractivity contribution in [2.45, 2.75) is 24.8 Å². The Labute approximate surface area is 155 Å². The summed E-state index contributed by atoms with van der Waals surface area (Å²) in [5.41, 5.74) is 5.51. The Morgan fingerprint density at radius 1 is 0.846 bits per heavy atom. The number of rotatable bonds is 6. The predicted molar refractivity (Wildman–Crippen MR) is 107 cm³/mol. The number of benzene rings is 3. The standard InChI is InChI=1S/C24H25NO/c1-25-24-16-20-9-5-6-10-22(20)23(24)17-26-21-13-11-19(12-14-21)15-18-7-3-2-4-8-18/h2-14,23-25H,15-17H2,1H3/t23-,24+/m1/s1. The molecule has 4 rings (SSSR count). The van der Waals surface area contributed by atoms with Gasteiger partial charge in [0.2, 0.25) is 0 Å². The van der Waals surface area contributed by atoms with Crippen LogP contribution in [-0.2, 0) is 12.8 Å². The Hall–Kier alpha value is -2.58. The molecule has 1 N–H and O–H groups in total. The second-order valence-corrected chi connectivity index (χ2v) is 7.02. The Bertz CT molecular complexity index is 842. The summed E-state index contributed by atoms with van der Waals surface area (Å²) in [6, 6.07) is 28.3. The SMILES string of the molecule is CN[C@H]1Cc2ccccc2[C@H]1COc1ccc(Cc2ccccc2)cc1. The minimum atomic E-state index is 0.403. The summed E-state index contributed by atoms with van der Waals surface area (Å²) < 4.78 is 6.14. The van der Waals surface area contributed by atoms with E-state index in [2.05, 4.69) is 84.2 Å². The minimum absolute atomic E-state index is 0.403. The van der Waals surface area contributed by atoms with E-state index in [0.29, 0.717) is 18.6 Å². The highest BCUT2D eigenvalue weighted by molar-refractivity contribution is 5.38. The Kier molecular flexibility index (Phi) is 5.03. The Morgan fingerprint density at radius 3 is 2.31 bits per heavy atom. The number of hydrogen-bond donors (Lipinski definition) is 1. The van der Waals surface area contributed by atoms with Gasteiger partial charge in [0.05, 0.1) is 6.61 Å². The van der Waals surface area contributed by atoms with Gasteiger partial charge in [-0.2, -0.15) is 0 Å². The molecular formula is C24H25NO. The summed E-state index contributed by atoms with van der Waals surface area (Å²) in [5, 5.41) is 3.45. The van der Waals surface area contributed by atoms with Gasteiger partial charge in [0.1, 0.15) is 5.75 Å². The van der Waals surface area contributed by atoms with E-state index in [1.807, 2.05) is 7.05 Å². The minimum Gasteiger partial charge on any atom is -0.493 e. The summed E-state index contributed by atoms with van der Waals surface area (Å²) in [5.74, 6) is 1.35. The highest BCUT2D eigenvalue weighted by Crippen LogP contribution is 2.33. The van der Waals surface area contributed by atoms with Crippen molar-refractivity contribution in [1.29, 1.82) is 0 Å². The molecule has 0 radical (unpaired) electrons. The molecule has 2 atom stereocenters. The fraction of sp³-hybridized carbons (Fsp3) is 0.250. The van der Waals surface area contributed by atoms with Gasteiger partial charge in [0, 0.05) is 12.0 Å². The van der Waals surface area contributed by atoms with Gasteiger partial charge < -0.3 is 10.1 Å². The lowest BCUT2D eigenvalue weighted by atomic mass is 9.99. The zero-order chi connectivity index (χ0) is 17.8. The molecule has 2 nitrogen and oxygen atoms in total. The van der Waals surface area contributed by atoms with Crippen LogP contribution in [0.15, 0.2) is 78.9 Å². The van der Waals surface area contributed by atoms with Crippen LogP contribution in [-0.4, -0.2) is 19.7 Å². The third kappa shape index (κ3) is 3.66. The molecule has 0 bridgehead atoms. The second kappa shape index (κ2) is 7.76. The molecule has 1 aliphatic rings. The van der Waals surface area contributed by atoms with Gasteiger partial charge in [-0.15, -0.1) is 0 Å². The molecule has 0 saturated heterocycles. The van der Waals surface area contributed by atoms with Gasteiger partial charge in [-0.3, -0.25) is 0 Å². The van der Waals surface area contributed by atoms with Crippen LogP contribution in [0.3, 0.4) is 0 Å². The monoisotopic (exact) mass is 343 g/mol. The van der Waals surface area contributed by atoms with E-state index in [1.54, 1.807) is 0 Å². The fourth-order valence-corrected chi connectivity index (χ4v) is 3.91. The van der Waals surface area contributed by atoms with Crippen molar-refractivity contribution in [3.63, 3.8) is 0 Å². The van der Waals surface area contributed by atoms with E-state index in [4.69, 9.17) is 4.74 Å². The molecule has 1 aliphatic carbocycles. The van der Waals surface area contributed by atoms with Crippen molar-refractivity contribution in [1.82, 2.24) is 5.32 Å². The number of likely N-dealkylation sites (N-methyl/N-ethyl adjacent to an activating group) is 1. The van der Waals surface area contributed by atoms with Crippen LogP contribution in [0.4, 0.5) is 0 Å². The lowest BCUT2D eigenvalue weighted by molar-refractivity contribution is 0.267. The van der Waals surface area contributed by atoms with E-state index in [0.717, 1.165) is 18.6 Å². The highest BCUT2D eigenvalue weighted by atomic mass is 16.5. The van der Waals surface area contributed by atoms with Crippen molar-refractivity contribution in [2.24, 2.45) is 0 Å². The average molecular weight is 343 g/mol. The summed E-state index contributed by atoms with van der Waals surface area (Å²) in [6.07, 6.45) is 2.04. The molecule has 3 aromatic carbocycles. The van der Waals surface area contributed by atoms with Gasteiger partial charge in [-0.1, -0.05) is 66.7 Å². The van der Waals surface area contributed by atoms with Crippen molar-refractivity contribution in [2.75, 3.05) is 13.7 Å². The first-order chi connectivity index (χ1) is 12.8. The fourth-order valence-electron chi connectivity index (χ4n) is 3.91. The van der Waals surface area contributed by atoms with Crippen LogP contribution in [0.25, 0.3) is 0 Å². The summed E-state index contributed by atoms with van der Waals surface area (Å²) in [4.78, 5) is 0. The Morgan fingerprint density at radius 2 is 1.54 bits per heavy atom. The van der Waals surface area contributed by atoms with Crippen LogP contribution in [0.1, 0.15) is 28.2 Å². The van der Waals surface area contributed by atoms with Crippen molar-refractivity contribution in [3.05, 3.63) is 101 Å². The molecule has 26 heavy (non-hydrogen) atoms. The van der Waals surface area contributed by atoms with Crippen LogP contribution in [0.2, 0.25) is 0 Å². The average Bonchev–Trinajstić information content (AvgIpc) is 3.06. The number of nitrogens with one attached hydrogen (secondary N) is 1. The van der Waals surface area contributed by atoms with Crippen LogP contribution in [0.5, 0.6) is 5.75 Å². The van der Waals surface area contributed by atoms with Gasteiger partial charge >= 0.3 is 0 Å². The van der Waals surface area contributed by atoms with E-state index in [-0.39, 0.29) is 0 Å². The molecule has 0 amide bonds. The third-order valence-corrected chi connectivity index (χ3v) is 5.35. The second-order valence-electron chi connectivity index (χ2n) is 7.02. The maximum absolute atomic E-state index is 6.14. The first-order valence-electron chi connectivity index (χ1n) is 9.34. The highest BCUT2D eigenvalue weighted by Gasteiger charge is 2.31. The molecule has 0 saturated carbocycles. The maximum Gasteiger partial charge on any atom is 0.119 e. The van der Waals surface area contributed by atoms with E-state index < -0.39 is 0 Å². The zero-order valence-electron chi connectivity index (χ0n) is 15.2. The molecule has 2 heteroatoms. The van der Waals surface area contributed by atoms with Gasteiger partial charge in [-0.25, -0.2) is 0 Å². The van der Waals surface area contributed by atoms with E-state index in [1.165, 1.54) is 22.3 Å². The molecular weight excluding hydrogens is 318 g/mol. The van der Waals surface area contributed by atoms with E-state index in [9.17, 15) is 0 Å². The van der Waals surface area contributed by atoms with Crippen LogP contribution >= 0.6 is 0 Å². The molecule has 132 valence electrons. The summed E-state index contributed by atoms with van der Waals surface area (Å²) in [6.45, 7) is 0.709. The van der Waals surface area contributed by atoms with Gasteiger partial charge in [-0.05, 0) is 54.3 Å². The zero-order valence-corrected chi connectivity index (χ0v) is 15.2. The first-order valence-corrected chi connectivity index (χ1v) is 9.34. The van der Waals surface area contributed by atoms with Crippen LogP contribution in [0, 0.1) is 0 Å². The molecule has 0 fully saturated rings. The lowest BCUT2D eigenvalue weighted by Gasteiger charge is -2.20. The quantitative estimate of drug-likeness (QED) is 0.707. The van der Waals surface area contributed by atoms with Crippen molar-refractivity contribution < 1.29 is 4.74 Å². The molecule has 0 spiro atoms. The molecule has 0 aliphatic heterocycles. The van der Waals surface area contributed by atoms with Crippen molar-refractivity contribution in [3.8, 4) is 5.75 Å². The topological polar surface area (TPSA) is 21.3 Å². The predicted octanol–water partition coefficient (Wildman–Crippen LogP) is 4.58. The lowest BCUT2D eigenvalue weighted by Crippen LogP contribution is -2.32. The molecule has 3 aromatic rings. The van der Waals surface area contributed by atoms with E-state index >= 15 is 0 Å². The number of ether oxygens (including phenoxy) is 1. The largest absolute Gasteiger partial charge is 0.493 e. The summed E-state index contributed by atoms with van der Waals surface area (Å²) >= 11 is 0. The summed E-state index contributed by atoms with van der Waals surface area (Å²) in [7, 11) is 2.04. The van der Waals surface area contributed by atoms with Crippen molar-refractivity contribution >= 4 is 0 Å². The smallest absolute Gasteiger partial charge is 0.119 e.